The Morgan fingerprint density at radius 3 is 2.24 bits per heavy atom. The van der Waals surface area contributed by atoms with Crippen molar-refractivity contribution in [1.82, 2.24) is 4.98 Å². The van der Waals surface area contributed by atoms with Crippen molar-refractivity contribution in [3.8, 4) is 28.8 Å². The van der Waals surface area contributed by atoms with E-state index in [1.807, 2.05) is 0 Å². The number of hydrogen-bond acceptors (Lipinski definition) is 2. The first-order chi connectivity index (χ1) is 14.0. The molecule has 0 N–H and O–H groups in total. The molecule has 142 valence electrons. The van der Waals surface area contributed by atoms with Gasteiger partial charge in [-0.1, -0.05) is 24.0 Å². The molecule has 0 amide bonds. The molecule has 0 saturated carbocycles. The first kappa shape index (κ1) is 18.6. The summed E-state index contributed by atoms with van der Waals surface area (Å²) in [5.74, 6) is 3.98. The van der Waals surface area contributed by atoms with Gasteiger partial charge in [-0.2, -0.15) is 0 Å². The molecule has 0 aliphatic heterocycles. The fraction of sp³-hybridized carbons (Fsp3) is 0.0417. The Bertz CT molecular complexity index is 1270. The molecule has 0 radical (unpaired) electrons. The molecule has 1 heterocycles. The van der Waals surface area contributed by atoms with E-state index in [9.17, 15) is 13.2 Å². The van der Waals surface area contributed by atoms with Crippen molar-refractivity contribution in [2.75, 3.05) is 7.11 Å². The summed E-state index contributed by atoms with van der Waals surface area (Å²) in [6.45, 7) is 0. The van der Waals surface area contributed by atoms with E-state index in [1.54, 1.807) is 55.8 Å². The zero-order valence-corrected chi connectivity index (χ0v) is 15.3. The molecule has 0 aliphatic carbocycles. The maximum atomic E-state index is 14.5. The van der Waals surface area contributed by atoms with Gasteiger partial charge in [0.25, 0.3) is 0 Å². The highest BCUT2D eigenvalue weighted by atomic mass is 19.2. The molecule has 1 aromatic heterocycles. The van der Waals surface area contributed by atoms with Crippen LogP contribution in [0.2, 0.25) is 0 Å². The largest absolute Gasteiger partial charge is 0.495 e. The van der Waals surface area contributed by atoms with E-state index in [0.29, 0.717) is 33.3 Å². The highest BCUT2D eigenvalue weighted by molar-refractivity contribution is 5.84. The van der Waals surface area contributed by atoms with Crippen LogP contribution in [0.25, 0.3) is 22.0 Å². The van der Waals surface area contributed by atoms with Crippen LogP contribution in [0.4, 0.5) is 13.2 Å². The van der Waals surface area contributed by atoms with Crippen LogP contribution in [0, 0.1) is 29.3 Å². The van der Waals surface area contributed by atoms with Crippen molar-refractivity contribution >= 4 is 10.8 Å². The van der Waals surface area contributed by atoms with Crippen LogP contribution < -0.4 is 4.74 Å². The maximum Gasteiger partial charge on any atom is 0.159 e. The Kier molecular flexibility index (Phi) is 4.92. The first-order valence-corrected chi connectivity index (χ1v) is 8.74. The molecule has 29 heavy (non-hydrogen) atoms. The quantitative estimate of drug-likeness (QED) is 0.409. The number of benzene rings is 3. The van der Waals surface area contributed by atoms with E-state index in [1.165, 1.54) is 6.07 Å². The van der Waals surface area contributed by atoms with Gasteiger partial charge in [-0.15, -0.1) is 0 Å². The number of hydrogen-bond donors (Lipinski definition) is 0. The average Bonchev–Trinajstić information content (AvgIpc) is 2.74. The van der Waals surface area contributed by atoms with Gasteiger partial charge in [-0.3, -0.25) is 4.98 Å². The van der Waals surface area contributed by atoms with E-state index >= 15 is 0 Å². The van der Waals surface area contributed by atoms with Crippen molar-refractivity contribution in [1.29, 1.82) is 0 Å². The Morgan fingerprint density at radius 1 is 0.759 bits per heavy atom. The number of pyridine rings is 1. The molecule has 0 bridgehead atoms. The van der Waals surface area contributed by atoms with Gasteiger partial charge in [-0.05, 0) is 59.3 Å². The molecule has 5 heteroatoms. The van der Waals surface area contributed by atoms with Gasteiger partial charge in [0.2, 0.25) is 0 Å². The number of nitrogens with zero attached hydrogens (tertiary/aromatic N) is 1. The van der Waals surface area contributed by atoms with E-state index in [0.717, 1.165) is 12.1 Å². The number of ether oxygens (including phenoxy) is 1. The second-order valence-electron chi connectivity index (χ2n) is 6.36. The highest BCUT2D eigenvalue weighted by Gasteiger charge is 2.06. The summed E-state index contributed by atoms with van der Waals surface area (Å²) in [5.41, 5.74) is 2.04. The lowest BCUT2D eigenvalue weighted by Gasteiger charge is -2.04. The Hall–Kier alpha value is -3.78. The third kappa shape index (κ3) is 3.92. The van der Waals surface area contributed by atoms with Gasteiger partial charge < -0.3 is 4.74 Å². The van der Waals surface area contributed by atoms with Crippen LogP contribution in [0.3, 0.4) is 0 Å². The Labute approximate surface area is 165 Å². The van der Waals surface area contributed by atoms with Crippen LogP contribution in [0.5, 0.6) is 5.75 Å². The summed E-state index contributed by atoms with van der Waals surface area (Å²) < 4.78 is 46.3. The van der Waals surface area contributed by atoms with E-state index in [2.05, 4.69) is 16.8 Å². The summed E-state index contributed by atoms with van der Waals surface area (Å²) in [6, 6.07) is 15.4. The fourth-order valence-electron chi connectivity index (χ4n) is 2.91. The zero-order valence-electron chi connectivity index (χ0n) is 15.3. The normalized spacial score (nSPS) is 10.5. The second kappa shape index (κ2) is 7.69. The van der Waals surface area contributed by atoms with Gasteiger partial charge in [0, 0.05) is 11.1 Å². The Balaban J connectivity index is 1.62. The van der Waals surface area contributed by atoms with Crippen molar-refractivity contribution in [2.24, 2.45) is 0 Å². The molecule has 0 atom stereocenters. The van der Waals surface area contributed by atoms with Crippen LogP contribution in [0.1, 0.15) is 11.1 Å². The van der Waals surface area contributed by atoms with E-state index in [-0.39, 0.29) is 5.56 Å². The average molecular weight is 389 g/mol. The van der Waals surface area contributed by atoms with Crippen LogP contribution in [-0.4, -0.2) is 12.1 Å². The molecule has 0 fully saturated rings. The van der Waals surface area contributed by atoms with Gasteiger partial charge in [0.05, 0.1) is 24.6 Å². The minimum absolute atomic E-state index is 0.229. The minimum atomic E-state index is -0.920. The molecule has 0 saturated heterocycles. The topological polar surface area (TPSA) is 22.1 Å². The monoisotopic (exact) mass is 389 g/mol. The third-order valence-electron chi connectivity index (χ3n) is 4.46. The SMILES string of the molecule is COc1ccc(-c2ccc(C#Cc3ccc4cc(F)c(F)cc4c3)c(F)c2)nc1. The fourth-order valence-corrected chi connectivity index (χ4v) is 2.91. The second-order valence-corrected chi connectivity index (χ2v) is 6.36. The highest BCUT2D eigenvalue weighted by Crippen LogP contribution is 2.22. The van der Waals surface area contributed by atoms with Gasteiger partial charge in [0.1, 0.15) is 11.6 Å². The standard InChI is InChI=1S/C24H14F3NO/c1-29-20-8-9-24(28-14-20)18-7-6-16(21(25)12-18)4-2-15-3-5-17-11-22(26)23(27)13-19(17)10-15/h3,5-14H,1H3. The minimum Gasteiger partial charge on any atom is -0.495 e. The summed E-state index contributed by atoms with van der Waals surface area (Å²) in [4.78, 5) is 4.24. The van der Waals surface area contributed by atoms with Gasteiger partial charge in [0.15, 0.2) is 11.6 Å². The van der Waals surface area contributed by atoms with Crippen molar-refractivity contribution in [3.05, 3.63) is 95.4 Å². The van der Waals surface area contributed by atoms with Crippen LogP contribution in [-0.2, 0) is 0 Å². The summed E-state index contributed by atoms with van der Waals surface area (Å²) in [5, 5.41) is 1.09. The third-order valence-corrected chi connectivity index (χ3v) is 4.46. The first-order valence-electron chi connectivity index (χ1n) is 8.74. The van der Waals surface area contributed by atoms with Crippen molar-refractivity contribution in [2.45, 2.75) is 0 Å². The van der Waals surface area contributed by atoms with E-state index < -0.39 is 17.5 Å². The number of rotatable bonds is 2. The molecule has 0 spiro atoms. The number of aromatic nitrogens is 1. The predicted molar refractivity (Wildman–Crippen MR) is 106 cm³/mol. The zero-order chi connectivity index (χ0) is 20.4. The lowest BCUT2D eigenvalue weighted by Crippen LogP contribution is -1.90. The predicted octanol–water partition coefficient (Wildman–Crippen LogP) is 5.73. The molecular formula is C24H14F3NO. The number of methoxy groups -OCH3 is 1. The Morgan fingerprint density at radius 2 is 1.55 bits per heavy atom. The molecule has 4 rings (SSSR count). The molecule has 0 aliphatic rings. The molecule has 2 nitrogen and oxygen atoms in total. The summed E-state index contributed by atoms with van der Waals surface area (Å²) in [7, 11) is 1.55. The van der Waals surface area contributed by atoms with E-state index in [4.69, 9.17) is 4.74 Å². The lowest BCUT2D eigenvalue weighted by atomic mass is 10.1. The molecule has 0 unspecified atom stereocenters. The van der Waals surface area contributed by atoms with Crippen LogP contribution in [0.15, 0.2) is 66.9 Å². The maximum absolute atomic E-state index is 14.5. The van der Waals surface area contributed by atoms with Crippen molar-refractivity contribution < 1.29 is 17.9 Å². The lowest BCUT2D eigenvalue weighted by molar-refractivity contribution is 0.413. The summed E-state index contributed by atoms with van der Waals surface area (Å²) in [6.07, 6.45) is 1.56. The van der Waals surface area contributed by atoms with Crippen molar-refractivity contribution in [3.63, 3.8) is 0 Å². The van der Waals surface area contributed by atoms with Gasteiger partial charge in [-0.25, -0.2) is 13.2 Å². The number of fused-ring (bicyclic) bond motifs is 1. The summed E-state index contributed by atoms with van der Waals surface area (Å²) >= 11 is 0. The van der Waals surface area contributed by atoms with Crippen LogP contribution >= 0.6 is 0 Å². The number of halogens is 3. The van der Waals surface area contributed by atoms with Gasteiger partial charge >= 0.3 is 0 Å². The molecule has 3 aromatic carbocycles. The molecule has 4 aromatic rings. The molecular weight excluding hydrogens is 375 g/mol. The smallest absolute Gasteiger partial charge is 0.159 e.